The van der Waals surface area contributed by atoms with Crippen LogP contribution >= 0.6 is 0 Å². The predicted molar refractivity (Wildman–Crippen MR) is 140 cm³/mol. The number of methoxy groups -OCH3 is 4. The Labute approximate surface area is 224 Å². The van der Waals surface area contributed by atoms with Gasteiger partial charge in [-0.25, -0.2) is 19.1 Å². The maximum absolute atomic E-state index is 13.0. The van der Waals surface area contributed by atoms with Gasteiger partial charge in [0.25, 0.3) is 0 Å². The number of benzene rings is 3. The Hall–Kier alpha value is -5.12. The third kappa shape index (κ3) is 5.45. The van der Waals surface area contributed by atoms with E-state index in [2.05, 4.69) is 5.10 Å². The van der Waals surface area contributed by atoms with Crippen LogP contribution in [0.3, 0.4) is 0 Å². The van der Waals surface area contributed by atoms with Crippen molar-refractivity contribution in [1.82, 2.24) is 9.78 Å². The second kappa shape index (κ2) is 12.0. The summed E-state index contributed by atoms with van der Waals surface area (Å²) in [7, 11) is 5.25. The molecular weight excluding hydrogens is 504 g/mol. The van der Waals surface area contributed by atoms with Gasteiger partial charge in [-0.1, -0.05) is 30.3 Å². The molecule has 39 heavy (non-hydrogen) atoms. The molecule has 0 fully saturated rings. The molecule has 3 aromatic carbocycles. The number of carbonyl (C=O) groups is 3. The van der Waals surface area contributed by atoms with Crippen LogP contribution in [0.15, 0.2) is 72.8 Å². The van der Waals surface area contributed by atoms with Gasteiger partial charge in [0, 0.05) is 11.1 Å². The van der Waals surface area contributed by atoms with Crippen molar-refractivity contribution in [3.8, 4) is 28.4 Å². The van der Waals surface area contributed by atoms with Crippen LogP contribution in [0.4, 0.5) is 0 Å². The zero-order valence-electron chi connectivity index (χ0n) is 21.8. The highest BCUT2D eigenvalue weighted by Gasteiger charge is 2.31. The molecule has 0 aliphatic carbocycles. The van der Waals surface area contributed by atoms with E-state index in [0.29, 0.717) is 28.3 Å². The summed E-state index contributed by atoms with van der Waals surface area (Å²) in [5, 5.41) is 4.62. The number of hydrogen-bond acceptors (Lipinski definition) is 9. The summed E-state index contributed by atoms with van der Waals surface area (Å²) >= 11 is 0. The van der Waals surface area contributed by atoms with E-state index in [1.807, 2.05) is 6.07 Å². The predicted octanol–water partition coefficient (Wildman–Crippen LogP) is 4.49. The quantitative estimate of drug-likeness (QED) is 0.228. The molecule has 0 atom stereocenters. The largest absolute Gasteiger partial charge is 0.496 e. The molecule has 10 heteroatoms. The van der Waals surface area contributed by atoms with E-state index in [4.69, 9.17) is 23.7 Å². The van der Waals surface area contributed by atoms with Crippen molar-refractivity contribution in [2.24, 2.45) is 0 Å². The number of hydrogen-bond donors (Lipinski definition) is 0. The van der Waals surface area contributed by atoms with E-state index < -0.39 is 17.9 Å². The van der Waals surface area contributed by atoms with Gasteiger partial charge in [-0.15, -0.1) is 0 Å². The molecule has 200 valence electrons. The van der Waals surface area contributed by atoms with Gasteiger partial charge in [-0.2, -0.15) is 5.10 Å². The first-order valence-electron chi connectivity index (χ1n) is 11.8. The molecule has 1 heterocycles. The molecule has 0 unspecified atom stereocenters. The minimum atomic E-state index is -0.756. The van der Waals surface area contributed by atoms with Gasteiger partial charge < -0.3 is 23.7 Å². The second-order valence-electron chi connectivity index (χ2n) is 8.11. The summed E-state index contributed by atoms with van der Waals surface area (Å²) < 4.78 is 27.7. The number of carbonyl (C=O) groups excluding carboxylic acids is 3. The average molecular weight is 531 g/mol. The van der Waals surface area contributed by atoms with E-state index in [9.17, 15) is 14.4 Å². The first-order valence-corrected chi connectivity index (χ1v) is 11.8. The molecule has 0 aliphatic heterocycles. The Kier molecular flexibility index (Phi) is 8.25. The molecule has 0 spiro atoms. The third-order valence-corrected chi connectivity index (χ3v) is 5.88. The van der Waals surface area contributed by atoms with Gasteiger partial charge >= 0.3 is 17.9 Å². The van der Waals surface area contributed by atoms with E-state index >= 15 is 0 Å². The Bertz CT molecular complexity index is 1510. The third-order valence-electron chi connectivity index (χ3n) is 5.88. The van der Waals surface area contributed by atoms with Crippen molar-refractivity contribution in [3.05, 3.63) is 95.2 Å². The summed E-state index contributed by atoms with van der Waals surface area (Å²) in [6, 6.07) is 20.7. The summed E-state index contributed by atoms with van der Waals surface area (Å²) in [6.45, 7) is 0.0157. The molecule has 4 rings (SSSR count). The van der Waals surface area contributed by atoms with E-state index in [1.54, 1.807) is 66.7 Å². The molecule has 1 aromatic heterocycles. The van der Waals surface area contributed by atoms with Gasteiger partial charge in [0.05, 0.1) is 34.1 Å². The van der Waals surface area contributed by atoms with Crippen LogP contribution in [-0.4, -0.2) is 56.1 Å². The highest BCUT2D eigenvalue weighted by Crippen LogP contribution is 2.33. The molecule has 10 nitrogen and oxygen atoms in total. The summed E-state index contributed by atoms with van der Waals surface area (Å²) in [4.78, 5) is 38.0. The normalized spacial score (nSPS) is 10.5. The Morgan fingerprint density at radius 3 is 2.08 bits per heavy atom. The van der Waals surface area contributed by atoms with Crippen LogP contribution in [0.1, 0.15) is 36.8 Å². The van der Waals surface area contributed by atoms with E-state index in [-0.39, 0.29) is 29.1 Å². The van der Waals surface area contributed by atoms with Crippen molar-refractivity contribution in [2.75, 3.05) is 28.4 Å². The smallest absolute Gasteiger partial charge is 0.357 e. The minimum absolute atomic E-state index is 0.0157. The number of aromatic nitrogens is 2. The summed E-state index contributed by atoms with van der Waals surface area (Å²) in [5.41, 5.74) is 1.98. The fourth-order valence-corrected chi connectivity index (χ4v) is 4.02. The second-order valence-corrected chi connectivity index (χ2v) is 8.11. The Balaban J connectivity index is 1.83. The SMILES string of the molecule is COC(=O)c1ccccc1OCc1cc(-c2nn(-c3ccccc3)c(C(=O)OC)c2C(=O)OC)ccc1OC. The van der Waals surface area contributed by atoms with Crippen molar-refractivity contribution in [3.63, 3.8) is 0 Å². The number of nitrogens with zero attached hydrogens (tertiary/aromatic N) is 2. The zero-order chi connectivity index (χ0) is 27.9. The Morgan fingerprint density at radius 1 is 0.744 bits per heavy atom. The number of rotatable bonds is 9. The topological polar surface area (TPSA) is 115 Å². The molecule has 0 saturated heterocycles. The highest BCUT2D eigenvalue weighted by molar-refractivity contribution is 6.06. The van der Waals surface area contributed by atoms with Crippen LogP contribution in [0.2, 0.25) is 0 Å². The number of para-hydroxylation sites is 2. The van der Waals surface area contributed by atoms with Crippen molar-refractivity contribution >= 4 is 17.9 Å². The first kappa shape index (κ1) is 26.9. The maximum Gasteiger partial charge on any atom is 0.357 e. The lowest BCUT2D eigenvalue weighted by atomic mass is 10.0. The van der Waals surface area contributed by atoms with Crippen LogP contribution in [0.5, 0.6) is 11.5 Å². The summed E-state index contributed by atoms with van der Waals surface area (Å²) in [6.07, 6.45) is 0. The summed E-state index contributed by atoms with van der Waals surface area (Å²) in [5.74, 6) is -1.21. The number of ether oxygens (including phenoxy) is 5. The first-order chi connectivity index (χ1) is 18.9. The fraction of sp³-hybridized carbons (Fsp3) is 0.172. The van der Waals surface area contributed by atoms with Crippen LogP contribution in [0.25, 0.3) is 16.9 Å². The Morgan fingerprint density at radius 2 is 1.41 bits per heavy atom. The molecule has 0 N–H and O–H groups in total. The van der Waals surface area contributed by atoms with Gasteiger partial charge in [0.15, 0.2) is 5.69 Å². The van der Waals surface area contributed by atoms with Crippen molar-refractivity contribution in [1.29, 1.82) is 0 Å². The van der Waals surface area contributed by atoms with Gasteiger partial charge in [0.2, 0.25) is 0 Å². The van der Waals surface area contributed by atoms with Gasteiger partial charge in [0.1, 0.15) is 34.9 Å². The minimum Gasteiger partial charge on any atom is -0.496 e. The molecule has 4 aromatic rings. The fourth-order valence-electron chi connectivity index (χ4n) is 4.02. The maximum atomic E-state index is 13.0. The lowest BCUT2D eigenvalue weighted by molar-refractivity contribution is 0.0549. The van der Waals surface area contributed by atoms with Crippen LogP contribution in [-0.2, 0) is 20.8 Å². The van der Waals surface area contributed by atoms with E-state index in [1.165, 1.54) is 33.1 Å². The standard InChI is InChI=1S/C29H26N2O8/c1-35-22-15-14-18(16-19(22)17-39-23-13-9-8-12-21(23)27(32)36-2)25-24(28(33)37-3)26(29(34)38-4)31(30-25)20-10-6-5-7-11-20/h5-16H,17H2,1-4H3. The lowest BCUT2D eigenvalue weighted by Gasteiger charge is -2.14. The molecular formula is C29H26N2O8. The van der Waals surface area contributed by atoms with Crippen molar-refractivity contribution < 1.29 is 38.1 Å². The van der Waals surface area contributed by atoms with E-state index in [0.717, 1.165) is 0 Å². The van der Waals surface area contributed by atoms with Crippen LogP contribution in [0, 0.1) is 0 Å². The average Bonchev–Trinajstić information content (AvgIpc) is 3.40. The van der Waals surface area contributed by atoms with Gasteiger partial charge in [-0.3, -0.25) is 0 Å². The molecule has 0 bridgehead atoms. The zero-order valence-corrected chi connectivity index (χ0v) is 21.8. The monoisotopic (exact) mass is 530 g/mol. The lowest BCUT2D eigenvalue weighted by Crippen LogP contribution is -2.15. The number of esters is 3. The molecule has 0 radical (unpaired) electrons. The highest BCUT2D eigenvalue weighted by atomic mass is 16.5. The van der Waals surface area contributed by atoms with Crippen LogP contribution < -0.4 is 9.47 Å². The molecule has 0 saturated carbocycles. The van der Waals surface area contributed by atoms with Crippen molar-refractivity contribution in [2.45, 2.75) is 6.61 Å². The molecule has 0 amide bonds. The van der Waals surface area contributed by atoms with Gasteiger partial charge in [-0.05, 0) is 42.5 Å². The molecule has 0 aliphatic rings.